The number of carbonyl (C=O) groups is 1. The van der Waals surface area contributed by atoms with Gasteiger partial charge in [0.25, 0.3) is 0 Å². The van der Waals surface area contributed by atoms with Gasteiger partial charge in [-0.25, -0.2) is 4.79 Å². The number of methoxy groups -OCH3 is 1. The van der Waals surface area contributed by atoms with Crippen molar-refractivity contribution in [2.75, 3.05) is 13.7 Å². The van der Waals surface area contributed by atoms with Crippen molar-refractivity contribution >= 4 is 24.2 Å². The van der Waals surface area contributed by atoms with E-state index in [0.717, 1.165) is 0 Å². The third-order valence-corrected chi connectivity index (χ3v) is 2.83. The number of nitro groups is 1. The molecule has 20 heavy (non-hydrogen) atoms. The number of rotatable bonds is 3. The maximum atomic E-state index is 11.1. The van der Waals surface area contributed by atoms with Crippen molar-refractivity contribution < 1.29 is 24.3 Å². The van der Waals surface area contributed by atoms with E-state index in [1.807, 2.05) is 0 Å². The van der Waals surface area contributed by atoms with E-state index in [2.05, 4.69) is 5.32 Å². The highest BCUT2D eigenvalue weighted by atomic mass is 35.5. The number of hydrogen-bond acceptors (Lipinski definition) is 6. The number of nitro benzene ring substituents is 1. The van der Waals surface area contributed by atoms with Crippen LogP contribution in [0.1, 0.15) is 18.0 Å². The zero-order chi connectivity index (χ0) is 14.0. The smallest absolute Gasteiger partial charge is 0.407 e. The number of aromatic hydroxyl groups is 1. The maximum absolute atomic E-state index is 11.1. The van der Waals surface area contributed by atoms with E-state index in [9.17, 15) is 20.0 Å². The van der Waals surface area contributed by atoms with Gasteiger partial charge in [0.2, 0.25) is 5.75 Å². The summed E-state index contributed by atoms with van der Waals surface area (Å²) in [5, 5.41) is 23.1. The normalized spacial score (nSPS) is 17.4. The number of benzene rings is 1. The van der Waals surface area contributed by atoms with E-state index in [4.69, 9.17) is 9.47 Å². The number of amides is 1. The molecule has 1 fully saturated rings. The number of hydrogen-bond donors (Lipinski definition) is 2. The Hall–Kier alpha value is -2.22. The highest BCUT2D eigenvalue weighted by Gasteiger charge is 2.26. The zero-order valence-corrected chi connectivity index (χ0v) is 11.3. The van der Waals surface area contributed by atoms with Crippen LogP contribution in [0, 0.1) is 10.1 Å². The molecule has 0 saturated carbocycles. The molecule has 2 rings (SSSR count). The van der Waals surface area contributed by atoms with E-state index in [0.29, 0.717) is 12.0 Å². The second-order valence-electron chi connectivity index (χ2n) is 3.97. The van der Waals surface area contributed by atoms with Crippen LogP contribution < -0.4 is 10.1 Å². The van der Waals surface area contributed by atoms with Crippen LogP contribution in [0.3, 0.4) is 0 Å². The summed E-state index contributed by atoms with van der Waals surface area (Å²) in [5.74, 6) is -0.542. The molecule has 0 unspecified atom stereocenters. The molecular weight excluding hydrogens is 292 g/mol. The van der Waals surface area contributed by atoms with Crippen molar-refractivity contribution in [3.8, 4) is 11.5 Å². The predicted octanol–water partition coefficient (Wildman–Crippen LogP) is 1.90. The summed E-state index contributed by atoms with van der Waals surface area (Å²) in [7, 11) is 1.30. The molecule has 1 atom stereocenters. The van der Waals surface area contributed by atoms with Gasteiger partial charge in [-0.1, -0.05) is 0 Å². The number of phenolic OH excluding ortho intramolecular Hbond substituents is 1. The average molecular weight is 305 g/mol. The summed E-state index contributed by atoms with van der Waals surface area (Å²) in [6.45, 7) is 0.230. The van der Waals surface area contributed by atoms with Crippen molar-refractivity contribution in [1.82, 2.24) is 5.32 Å². The molecule has 2 N–H and O–H groups in total. The minimum atomic E-state index is -0.706. The Morgan fingerprint density at radius 3 is 2.80 bits per heavy atom. The monoisotopic (exact) mass is 304 g/mol. The van der Waals surface area contributed by atoms with Crippen LogP contribution in [-0.2, 0) is 4.74 Å². The summed E-state index contributed by atoms with van der Waals surface area (Å²) in [6.07, 6.45) is -0.0949. The fourth-order valence-electron chi connectivity index (χ4n) is 1.89. The second-order valence-corrected chi connectivity index (χ2v) is 3.97. The van der Waals surface area contributed by atoms with E-state index >= 15 is 0 Å². The third kappa shape index (κ3) is 3.02. The average Bonchev–Trinajstić information content (AvgIpc) is 2.38. The molecule has 0 aromatic heterocycles. The SMILES string of the molecule is COc1cc([C@H]2CCOC(=O)N2)cc([N+](=O)[O-])c1O.Cl. The first kappa shape index (κ1) is 15.8. The third-order valence-electron chi connectivity index (χ3n) is 2.83. The molecule has 1 aliphatic heterocycles. The van der Waals surface area contributed by atoms with Crippen LogP contribution in [0.5, 0.6) is 11.5 Å². The van der Waals surface area contributed by atoms with Crippen LogP contribution in [0.25, 0.3) is 0 Å². The minimum Gasteiger partial charge on any atom is -0.500 e. The van der Waals surface area contributed by atoms with Crippen LogP contribution in [0.15, 0.2) is 12.1 Å². The number of ether oxygens (including phenoxy) is 2. The number of cyclic esters (lactones) is 1. The molecule has 8 nitrogen and oxygen atoms in total. The summed E-state index contributed by atoms with van der Waals surface area (Å²) >= 11 is 0. The summed E-state index contributed by atoms with van der Waals surface area (Å²) in [5.41, 5.74) is 0.0214. The topological polar surface area (TPSA) is 111 Å². The fourth-order valence-corrected chi connectivity index (χ4v) is 1.89. The number of halogens is 1. The molecule has 9 heteroatoms. The van der Waals surface area contributed by atoms with Gasteiger partial charge in [0.15, 0.2) is 5.75 Å². The van der Waals surface area contributed by atoms with Crippen molar-refractivity contribution in [1.29, 1.82) is 0 Å². The van der Waals surface area contributed by atoms with Gasteiger partial charge in [0, 0.05) is 12.5 Å². The zero-order valence-electron chi connectivity index (χ0n) is 10.5. The van der Waals surface area contributed by atoms with Crippen LogP contribution in [0.2, 0.25) is 0 Å². The van der Waals surface area contributed by atoms with Gasteiger partial charge in [-0.05, 0) is 11.6 Å². The molecule has 0 bridgehead atoms. The van der Waals surface area contributed by atoms with Crippen LogP contribution in [-0.4, -0.2) is 29.8 Å². The molecule has 0 spiro atoms. The van der Waals surface area contributed by atoms with Gasteiger partial charge in [0.05, 0.1) is 24.7 Å². The Kier molecular flexibility index (Phi) is 4.98. The first-order valence-electron chi connectivity index (χ1n) is 5.51. The van der Waals surface area contributed by atoms with Gasteiger partial charge in [-0.2, -0.15) is 0 Å². The van der Waals surface area contributed by atoms with Crippen molar-refractivity contribution in [2.24, 2.45) is 0 Å². The molecule has 110 valence electrons. The highest BCUT2D eigenvalue weighted by molar-refractivity contribution is 5.85. The van der Waals surface area contributed by atoms with E-state index in [1.54, 1.807) is 0 Å². The first-order chi connectivity index (χ1) is 9.02. The van der Waals surface area contributed by atoms with Gasteiger partial charge in [-0.3, -0.25) is 10.1 Å². The molecule has 1 amide bonds. The lowest BCUT2D eigenvalue weighted by Crippen LogP contribution is -2.35. The lowest BCUT2D eigenvalue weighted by molar-refractivity contribution is -0.386. The maximum Gasteiger partial charge on any atom is 0.407 e. The Morgan fingerprint density at radius 1 is 1.55 bits per heavy atom. The van der Waals surface area contributed by atoms with Gasteiger partial charge < -0.3 is 19.9 Å². The lowest BCUT2D eigenvalue weighted by Gasteiger charge is -2.24. The Labute approximate surface area is 120 Å². The summed E-state index contributed by atoms with van der Waals surface area (Å²) in [4.78, 5) is 21.3. The molecule has 1 aliphatic rings. The van der Waals surface area contributed by atoms with E-state index in [1.165, 1.54) is 19.2 Å². The van der Waals surface area contributed by atoms with Crippen molar-refractivity contribution in [3.63, 3.8) is 0 Å². The number of nitrogens with zero attached hydrogens (tertiary/aromatic N) is 1. The van der Waals surface area contributed by atoms with Crippen LogP contribution >= 0.6 is 12.4 Å². The first-order valence-corrected chi connectivity index (χ1v) is 5.51. The number of alkyl carbamates (subject to hydrolysis) is 1. The second kappa shape index (κ2) is 6.29. The number of nitrogens with one attached hydrogen (secondary N) is 1. The lowest BCUT2D eigenvalue weighted by atomic mass is 10.0. The van der Waals surface area contributed by atoms with E-state index in [-0.39, 0.29) is 24.8 Å². The van der Waals surface area contributed by atoms with Crippen molar-refractivity contribution in [2.45, 2.75) is 12.5 Å². The predicted molar refractivity (Wildman–Crippen MR) is 70.4 cm³/mol. The summed E-state index contributed by atoms with van der Waals surface area (Å²) in [6, 6.07) is 2.27. The Morgan fingerprint density at radius 2 is 2.25 bits per heavy atom. The standard InChI is InChI=1S/C11H12N2O6.ClH/c1-18-9-5-6(4-8(10(9)14)13(16)17)7-2-3-19-11(15)12-7;/h4-5,7,14H,2-3H2,1H3,(H,12,15);1H/t7-;/m1./s1. The molecule has 0 aliphatic carbocycles. The quantitative estimate of drug-likeness (QED) is 0.651. The van der Waals surface area contributed by atoms with Gasteiger partial charge in [-0.15, -0.1) is 12.4 Å². The largest absolute Gasteiger partial charge is 0.500 e. The van der Waals surface area contributed by atoms with E-state index < -0.39 is 28.5 Å². The molecule has 1 aromatic rings. The molecule has 1 saturated heterocycles. The Bertz CT molecular complexity index is 536. The molecule has 0 radical (unpaired) electrons. The number of phenols is 1. The minimum absolute atomic E-state index is 0. The summed E-state index contributed by atoms with van der Waals surface area (Å²) < 4.78 is 9.62. The van der Waals surface area contributed by atoms with Crippen molar-refractivity contribution in [3.05, 3.63) is 27.8 Å². The number of carbonyl (C=O) groups excluding carboxylic acids is 1. The molecule has 1 aromatic carbocycles. The molecular formula is C11H13ClN2O6. The molecule has 1 heterocycles. The van der Waals surface area contributed by atoms with Crippen LogP contribution in [0.4, 0.5) is 10.5 Å². The highest BCUT2D eigenvalue weighted by Crippen LogP contribution is 2.39. The van der Waals surface area contributed by atoms with Gasteiger partial charge in [0.1, 0.15) is 0 Å². The fraction of sp³-hybridized carbons (Fsp3) is 0.364. The van der Waals surface area contributed by atoms with Gasteiger partial charge >= 0.3 is 11.8 Å². The Balaban J connectivity index is 0.00000200.